The first-order chi connectivity index (χ1) is 10.3. The van der Waals surface area contributed by atoms with E-state index in [0.29, 0.717) is 5.47 Å². The van der Waals surface area contributed by atoms with Crippen molar-refractivity contribution in [3.63, 3.8) is 0 Å². The number of methoxy groups -OCH3 is 1. The summed E-state index contributed by atoms with van der Waals surface area (Å²) in [5.74, 6) is 0.195. The number of carbonyl (C=O) groups excluding carboxylic acids is 1. The average molecular weight is 342 g/mol. The van der Waals surface area contributed by atoms with E-state index in [1.807, 2.05) is 27.7 Å². The number of esters is 1. The van der Waals surface area contributed by atoms with Crippen LogP contribution in [0.2, 0.25) is 0 Å². The van der Waals surface area contributed by atoms with E-state index in [2.05, 4.69) is 38.1 Å². The molecule has 6 heteroatoms. The third-order valence-electron chi connectivity index (χ3n) is 3.76. The first-order valence-corrected chi connectivity index (χ1v) is 8.35. The summed E-state index contributed by atoms with van der Waals surface area (Å²) in [4.78, 5) is 11.3. The topological polar surface area (TPSA) is 59.4 Å². The van der Waals surface area contributed by atoms with Crippen molar-refractivity contribution in [1.82, 2.24) is 0 Å². The van der Waals surface area contributed by atoms with Gasteiger partial charge >= 0.3 is 13.5 Å². The predicted octanol–water partition coefficient (Wildman–Crippen LogP) is 4.26. The van der Waals surface area contributed by atoms with Crippen molar-refractivity contribution in [3.8, 4) is 0 Å². The number of carbonyl (C=O) groups is 1. The van der Waals surface area contributed by atoms with Crippen LogP contribution < -0.4 is 0 Å². The number of hydrogen-bond acceptors (Lipinski definition) is 5. The van der Waals surface area contributed by atoms with Crippen molar-refractivity contribution in [1.29, 1.82) is 5.41 Å². The van der Waals surface area contributed by atoms with Crippen LogP contribution in [0.4, 0.5) is 0 Å². The SMILES string of the molecule is C/C=C(/[B]OC(C)(C)C(C)(C)S)C(=N)C(=O)OC.CCC(C)C. The molecular formula is C17H33BNO3S. The Morgan fingerprint density at radius 3 is 2.00 bits per heavy atom. The molecule has 0 bridgehead atoms. The summed E-state index contributed by atoms with van der Waals surface area (Å²) in [6, 6.07) is 0. The van der Waals surface area contributed by atoms with Crippen LogP contribution in [0.5, 0.6) is 0 Å². The van der Waals surface area contributed by atoms with Crippen LogP contribution in [-0.2, 0) is 14.2 Å². The summed E-state index contributed by atoms with van der Waals surface area (Å²) >= 11 is 4.47. The second-order valence-electron chi connectivity index (χ2n) is 6.72. The molecule has 0 aliphatic heterocycles. The minimum atomic E-state index is -0.689. The lowest BCUT2D eigenvalue weighted by molar-refractivity contribution is -0.132. The van der Waals surface area contributed by atoms with Crippen molar-refractivity contribution < 1.29 is 14.2 Å². The van der Waals surface area contributed by atoms with Gasteiger partial charge in [-0.25, -0.2) is 4.79 Å². The molecule has 0 unspecified atom stereocenters. The van der Waals surface area contributed by atoms with E-state index >= 15 is 0 Å². The van der Waals surface area contributed by atoms with Crippen LogP contribution in [0.15, 0.2) is 11.5 Å². The molecule has 0 aromatic rings. The molecule has 0 saturated heterocycles. The minimum Gasteiger partial charge on any atom is -0.464 e. The standard InChI is InChI=1S/C12H21BNO3S.C5H12/c1-7-8(9(14)10(15)16-6)13-17-11(2,3)12(4,5)18;1-4-5(2)3/h7,14,18H,1-6H3;5H,4H2,1-3H3/b8-7+,14-9?;. The van der Waals surface area contributed by atoms with Gasteiger partial charge in [-0.2, -0.15) is 12.6 Å². The highest BCUT2D eigenvalue weighted by Gasteiger charge is 2.35. The van der Waals surface area contributed by atoms with Gasteiger partial charge in [0.05, 0.1) is 12.7 Å². The fraction of sp³-hybridized carbons (Fsp3) is 0.765. The maximum absolute atomic E-state index is 11.3. The van der Waals surface area contributed by atoms with E-state index < -0.39 is 11.6 Å². The average Bonchev–Trinajstić information content (AvgIpc) is 2.45. The Kier molecular flexibility index (Phi) is 11.6. The zero-order valence-corrected chi connectivity index (χ0v) is 17.0. The second kappa shape index (κ2) is 10.9. The lowest BCUT2D eigenvalue weighted by Crippen LogP contribution is -2.44. The first kappa shape index (κ1) is 24.5. The van der Waals surface area contributed by atoms with Crippen LogP contribution in [0.1, 0.15) is 61.8 Å². The smallest absolute Gasteiger partial charge is 0.355 e. The van der Waals surface area contributed by atoms with E-state index in [4.69, 9.17) is 10.1 Å². The molecule has 23 heavy (non-hydrogen) atoms. The van der Waals surface area contributed by atoms with Gasteiger partial charge in [0, 0.05) is 4.75 Å². The number of thiol groups is 1. The van der Waals surface area contributed by atoms with E-state index in [1.165, 1.54) is 21.0 Å². The number of rotatable bonds is 7. The van der Waals surface area contributed by atoms with E-state index in [-0.39, 0.29) is 10.5 Å². The van der Waals surface area contributed by atoms with Gasteiger partial charge in [0.15, 0.2) is 0 Å². The molecule has 0 saturated carbocycles. The van der Waals surface area contributed by atoms with Crippen LogP contribution in [0.25, 0.3) is 0 Å². The Balaban J connectivity index is 0. The lowest BCUT2D eigenvalue weighted by Gasteiger charge is -2.38. The van der Waals surface area contributed by atoms with Gasteiger partial charge in [-0.05, 0) is 46.0 Å². The molecule has 0 rings (SSSR count). The van der Waals surface area contributed by atoms with Crippen LogP contribution in [0.3, 0.4) is 0 Å². The largest absolute Gasteiger partial charge is 0.464 e. The molecule has 0 heterocycles. The van der Waals surface area contributed by atoms with Gasteiger partial charge in [0.1, 0.15) is 5.71 Å². The Bertz CT molecular complexity index is 413. The molecule has 1 radical (unpaired) electrons. The maximum atomic E-state index is 11.3. The molecule has 0 aliphatic rings. The van der Waals surface area contributed by atoms with E-state index in [1.54, 1.807) is 13.0 Å². The van der Waals surface area contributed by atoms with Crippen molar-refractivity contribution >= 4 is 31.8 Å². The summed E-state index contributed by atoms with van der Waals surface area (Å²) in [7, 11) is 2.64. The summed E-state index contributed by atoms with van der Waals surface area (Å²) in [5, 5.41) is 7.64. The molecule has 4 nitrogen and oxygen atoms in total. The molecule has 0 amide bonds. The number of hydrogen-bond donors (Lipinski definition) is 2. The van der Waals surface area contributed by atoms with E-state index in [0.717, 1.165) is 5.92 Å². The quantitative estimate of drug-likeness (QED) is 0.315. The highest BCUT2D eigenvalue weighted by molar-refractivity contribution is 7.81. The fourth-order valence-corrected chi connectivity index (χ4v) is 0.899. The zero-order valence-electron chi connectivity index (χ0n) is 16.1. The van der Waals surface area contributed by atoms with Crippen LogP contribution >= 0.6 is 12.6 Å². The second-order valence-corrected chi connectivity index (χ2v) is 7.84. The molecule has 0 aromatic carbocycles. The Morgan fingerprint density at radius 2 is 1.74 bits per heavy atom. The number of allylic oxidation sites excluding steroid dienone is 1. The van der Waals surface area contributed by atoms with Crippen LogP contribution in [-0.4, -0.2) is 36.6 Å². The molecule has 133 valence electrons. The predicted molar refractivity (Wildman–Crippen MR) is 103 cm³/mol. The first-order valence-electron chi connectivity index (χ1n) is 7.90. The highest BCUT2D eigenvalue weighted by atomic mass is 32.1. The summed E-state index contributed by atoms with van der Waals surface area (Å²) < 4.78 is 9.78. The summed E-state index contributed by atoms with van der Waals surface area (Å²) in [6.45, 7) is 16.0. The third-order valence-corrected chi connectivity index (χ3v) is 4.30. The van der Waals surface area contributed by atoms with Gasteiger partial charge in [-0.15, -0.1) is 0 Å². The van der Waals surface area contributed by atoms with Crippen molar-refractivity contribution in [2.24, 2.45) is 5.92 Å². The Morgan fingerprint density at radius 1 is 1.30 bits per heavy atom. The van der Waals surface area contributed by atoms with E-state index in [9.17, 15) is 4.79 Å². The van der Waals surface area contributed by atoms with Gasteiger partial charge in [0.25, 0.3) is 0 Å². The van der Waals surface area contributed by atoms with Crippen LogP contribution in [0, 0.1) is 11.3 Å². The van der Waals surface area contributed by atoms with Crippen molar-refractivity contribution in [2.75, 3.05) is 7.11 Å². The molecule has 0 spiro atoms. The minimum absolute atomic E-state index is 0.229. The van der Waals surface area contributed by atoms with Gasteiger partial charge in [-0.1, -0.05) is 33.3 Å². The third kappa shape index (κ3) is 9.87. The lowest BCUT2D eigenvalue weighted by atomic mass is 9.80. The summed E-state index contributed by atoms with van der Waals surface area (Å²) in [6.07, 6.45) is 2.93. The molecule has 1 N–H and O–H groups in total. The van der Waals surface area contributed by atoms with Crippen molar-refractivity contribution in [2.45, 2.75) is 72.2 Å². The fourth-order valence-electron chi connectivity index (χ4n) is 0.846. The molecule has 0 fully saturated rings. The zero-order chi connectivity index (χ0) is 18.8. The molecule has 0 aliphatic carbocycles. The highest BCUT2D eigenvalue weighted by Crippen LogP contribution is 2.30. The molecule has 0 aromatic heterocycles. The Labute approximate surface area is 148 Å². The monoisotopic (exact) mass is 342 g/mol. The van der Waals surface area contributed by atoms with Crippen molar-refractivity contribution in [3.05, 3.63) is 11.5 Å². The Hall–Kier alpha value is -0.745. The van der Waals surface area contributed by atoms with Gasteiger partial charge < -0.3 is 9.39 Å². The number of ether oxygens (including phenoxy) is 1. The normalized spacial score (nSPS) is 12.4. The van der Waals surface area contributed by atoms with Gasteiger partial charge in [0.2, 0.25) is 0 Å². The molecule has 0 atom stereocenters. The van der Waals surface area contributed by atoms with Gasteiger partial charge in [-0.3, -0.25) is 5.41 Å². The maximum Gasteiger partial charge on any atom is 0.355 e. The molecular weight excluding hydrogens is 309 g/mol. The summed E-state index contributed by atoms with van der Waals surface area (Å²) in [5.41, 5.74) is -0.388. The number of nitrogens with one attached hydrogen (secondary N) is 1.